The fourth-order valence-electron chi connectivity index (χ4n) is 1.92. The predicted molar refractivity (Wildman–Crippen MR) is 92.9 cm³/mol. The lowest BCUT2D eigenvalue weighted by Crippen LogP contribution is -2.10. The van der Waals surface area contributed by atoms with Crippen molar-refractivity contribution >= 4 is 37.8 Å². The quantitative estimate of drug-likeness (QED) is 0.502. The van der Waals surface area contributed by atoms with Crippen molar-refractivity contribution in [1.29, 1.82) is 0 Å². The number of halogens is 2. The molecular weight excluding hydrogens is 432 g/mol. The molecule has 2 aromatic carbocycles. The van der Waals surface area contributed by atoms with Crippen LogP contribution in [0.2, 0.25) is 0 Å². The molecule has 0 saturated heterocycles. The third-order valence-corrected chi connectivity index (χ3v) is 4.11. The van der Waals surface area contributed by atoms with Gasteiger partial charge in [0.1, 0.15) is 5.75 Å². The van der Waals surface area contributed by atoms with Gasteiger partial charge in [0.15, 0.2) is 11.5 Å². The molecule has 0 aliphatic carbocycles. The largest absolute Gasteiger partial charge is 0.493 e. The van der Waals surface area contributed by atoms with E-state index in [0.29, 0.717) is 27.5 Å². The number of carbonyl (C=O) groups is 1. The molecule has 0 aliphatic rings. The van der Waals surface area contributed by atoms with E-state index in [1.807, 2.05) is 0 Å². The zero-order valence-corrected chi connectivity index (χ0v) is 15.9. The SMILES string of the molecule is COc1cc(C(=O)Oc2ccc(Br)cc2Br)cc(OC)c1OC. The first-order valence-electron chi connectivity index (χ1n) is 6.47. The van der Waals surface area contributed by atoms with Crippen LogP contribution >= 0.6 is 31.9 Å². The van der Waals surface area contributed by atoms with E-state index in [1.54, 1.807) is 18.2 Å². The molecule has 0 spiro atoms. The lowest BCUT2D eigenvalue weighted by atomic mass is 10.2. The van der Waals surface area contributed by atoms with Gasteiger partial charge in [-0.2, -0.15) is 0 Å². The van der Waals surface area contributed by atoms with Gasteiger partial charge in [-0.15, -0.1) is 0 Å². The monoisotopic (exact) mass is 444 g/mol. The van der Waals surface area contributed by atoms with E-state index in [4.69, 9.17) is 18.9 Å². The van der Waals surface area contributed by atoms with Gasteiger partial charge in [0.25, 0.3) is 0 Å². The molecule has 0 unspecified atom stereocenters. The Kier molecular flexibility index (Phi) is 5.90. The van der Waals surface area contributed by atoms with Crippen LogP contribution in [0.15, 0.2) is 39.3 Å². The highest BCUT2D eigenvalue weighted by Gasteiger charge is 2.19. The topological polar surface area (TPSA) is 54.0 Å². The molecule has 0 atom stereocenters. The fourth-order valence-corrected chi connectivity index (χ4v) is 3.04. The van der Waals surface area contributed by atoms with E-state index >= 15 is 0 Å². The maximum absolute atomic E-state index is 12.4. The van der Waals surface area contributed by atoms with Crippen LogP contribution < -0.4 is 18.9 Å². The van der Waals surface area contributed by atoms with Crippen molar-refractivity contribution < 1.29 is 23.7 Å². The van der Waals surface area contributed by atoms with Gasteiger partial charge in [-0.25, -0.2) is 4.79 Å². The summed E-state index contributed by atoms with van der Waals surface area (Å²) in [7, 11) is 4.47. The Labute approximate surface area is 150 Å². The van der Waals surface area contributed by atoms with Crippen LogP contribution in [0.4, 0.5) is 0 Å². The van der Waals surface area contributed by atoms with E-state index in [0.717, 1.165) is 4.47 Å². The summed E-state index contributed by atoms with van der Waals surface area (Å²) in [6, 6.07) is 8.33. The molecule has 0 amide bonds. The highest BCUT2D eigenvalue weighted by atomic mass is 79.9. The number of hydrogen-bond acceptors (Lipinski definition) is 5. The van der Waals surface area contributed by atoms with E-state index in [9.17, 15) is 4.79 Å². The van der Waals surface area contributed by atoms with Crippen LogP contribution in [0.3, 0.4) is 0 Å². The number of esters is 1. The summed E-state index contributed by atoms with van der Waals surface area (Å²) < 4.78 is 22.6. The predicted octanol–water partition coefficient (Wildman–Crippen LogP) is 4.46. The average Bonchev–Trinajstić information content (AvgIpc) is 2.55. The molecule has 0 aliphatic heterocycles. The summed E-state index contributed by atoms with van der Waals surface area (Å²) >= 11 is 6.69. The van der Waals surface area contributed by atoms with Crippen molar-refractivity contribution in [3.8, 4) is 23.0 Å². The normalized spacial score (nSPS) is 10.1. The second kappa shape index (κ2) is 7.70. The fraction of sp³-hybridized carbons (Fsp3) is 0.188. The number of ether oxygens (including phenoxy) is 4. The lowest BCUT2D eigenvalue weighted by molar-refractivity contribution is 0.0732. The molecule has 2 rings (SSSR count). The maximum Gasteiger partial charge on any atom is 0.343 e. The third kappa shape index (κ3) is 3.97. The Morgan fingerprint density at radius 1 is 0.870 bits per heavy atom. The van der Waals surface area contributed by atoms with Gasteiger partial charge in [-0.1, -0.05) is 15.9 Å². The van der Waals surface area contributed by atoms with E-state index in [1.165, 1.54) is 33.5 Å². The van der Waals surface area contributed by atoms with E-state index in [-0.39, 0.29) is 5.56 Å². The number of benzene rings is 2. The van der Waals surface area contributed by atoms with Crippen LogP contribution in [-0.2, 0) is 0 Å². The first-order chi connectivity index (χ1) is 11.0. The molecule has 2 aromatic rings. The Bertz CT molecular complexity index is 705. The Morgan fingerprint density at radius 3 is 1.96 bits per heavy atom. The molecule has 0 fully saturated rings. The molecule has 23 heavy (non-hydrogen) atoms. The second-order valence-corrected chi connectivity index (χ2v) is 6.15. The number of rotatable bonds is 5. The van der Waals surface area contributed by atoms with E-state index < -0.39 is 5.97 Å². The Balaban J connectivity index is 2.35. The minimum Gasteiger partial charge on any atom is -0.493 e. The van der Waals surface area contributed by atoms with Crippen LogP contribution in [0, 0.1) is 0 Å². The highest BCUT2D eigenvalue weighted by molar-refractivity contribution is 9.11. The number of methoxy groups -OCH3 is 3. The van der Waals surface area contributed by atoms with Crippen LogP contribution in [0.1, 0.15) is 10.4 Å². The molecule has 5 nitrogen and oxygen atoms in total. The van der Waals surface area contributed by atoms with Crippen molar-refractivity contribution in [2.75, 3.05) is 21.3 Å². The smallest absolute Gasteiger partial charge is 0.343 e. The van der Waals surface area contributed by atoms with Crippen molar-refractivity contribution in [2.45, 2.75) is 0 Å². The first-order valence-corrected chi connectivity index (χ1v) is 8.06. The summed E-state index contributed by atoms with van der Waals surface area (Å²) in [6.07, 6.45) is 0. The summed E-state index contributed by atoms with van der Waals surface area (Å²) in [5, 5.41) is 0. The summed E-state index contributed by atoms with van der Waals surface area (Å²) in [4.78, 5) is 12.4. The van der Waals surface area contributed by atoms with Gasteiger partial charge in [0.05, 0.1) is 31.4 Å². The Morgan fingerprint density at radius 2 is 1.48 bits per heavy atom. The molecule has 0 radical (unpaired) electrons. The van der Waals surface area contributed by atoms with Gasteiger partial charge < -0.3 is 18.9 Å². The van der Waals surface area contributed by atoms with Crippen molar-refractivity contribution in [3.63, 3.8) is 0 Å². The molecular formula is C16H14Br2O5. The maximum atomic E-state index is 12.4. The third-order valence-electron chi connectivity index (χ3n) is 3.00. The van der Waals surface area contributed by atoms with Crippen molar-refractivity contribution in [2.24, 2.45) is 0 Å². The second-order valence-electron chi connectivity index (χ2n) is 4.38. The average molecular weight is 446 g/mol. The van der Waals surface area contributed by atoms with Crippen LogP contribution in [0.25, 0.3) is 0 Å². The molecule has 0 aromatic heterocycles. The van der Waals surface area contributed by atoms with Crippen LogP contribution in [0.5, 0.6) is 23.0 Å². The molecule has 0 N–H and O–H groups in total. The van der Waals surface area contributed by atoms with Gasteiger partial charge >= 0.3 is 5.97 Å². The van der Waals surface area contributed by atoms with Gasteiger partial charge in [-0.05, 0) is 46.3 Å². The van der Waals surface area contributed by atoms with Crippen LogP contribution in [-0.4, -0.2) is 27.3 Å². The lowest BCUT2D eigenvalue weighted by Gasteiger charge is -2.14. The summed E-state index contributed by atoms with van der Waals surface area (Å²) in [5.41, 5.74) is 0.286. The van der Waals surface area contributed by atoms with Crippen molar-refractivity contribution in [1.82, 2.24) is 0 Å². The van der Waals surface area contributed by atoms with E-state index in [2.05, 4.69) is 31.9 Å². The highest BCUT2D eigenvalue weighted by Crippen LogP contribution is 2.38. The number of hydrogen-bond donors (Lipinski definition) is 0. The minimum atomic E-state index is -0.535. The van der Waals surface area contributed by atoms with Gasteiger partial charge in [0, 0.05) is 4.47 Å². The molecule has 7 heteroatoms. The zero-order chi connectivity index (χ0) is 17.0. The number of carbonyl (C=O) groups excluding carboxylic acids is 1. The van der Waals surface area contributed by atoms with Gasteiger partial charge in [-0.3, -0.25) is 0 Å². The van der Waals surface area contributed by atoms with Gasteiger partial charge in [0.2, 0.25) is 5.75 Å². The summed E-state index contributed by atoms with van der Waals surface area (Å²) in [6.45, 7) is 0. The first kappa shape index (κ1) is 17.6. The van der Waals surface area contributed by atoms with Crippen molar-refractivity contribution in [3.05, 3.63) is 44.8 Å². The minimum absolute atomic E-state index is 0.286. The molecule has 0 saturated carbocycles. The summed E-state index contributed by atoms with van der Waals surface area (Å²) in [5.74, 6) is 1.05. The molecule has 122 valence electrons. The molecule has 0 bridgehead atoms. The zero-order valence-electron chi connectivity index (χ0n) is 12.7. The Hall–Kier alpha value is -1.73. The molecule has 0 heterocycles. The standard InChI is InChI=1S/C16H14Br2O5/c1-20-13-6-9(7-14(21-2)15(13)22-3)16(19)23-12-5-4-10(17)8-11(12)18/h4-8H,1-3H3.